The van der Waals surface area contributed by atoms with E-state index in [1.165, 1.54) is 23.0 Å². The molecule has 0 fully saturated rings. The molecule has 6 rings (SSSR count). The Bertz CT molecular complexity index is 1930. The number of aryl methyl sites for hydroxylation is 1. The molecule has 202 valence electrons. The summed E-state index contributed by atoms with van der Waals surface area (Å²) in [5.74, 6) is 0.858. The molecule has 0 spiro atoms. The third-order valence-electron chi connectivity index (χ3n) is 7.16. The molecule has 1 aliphatic carbocycles. The molecule has 1 N–H and O–H groups in total. The van der Waals surface area contributed by atoms with Crippen LogP contribution in [0.3, 0.4) is 0 Å². The van der Waals surface area contributed by atoms with Gasteiger partial charge in [-0.2, -0.15) is 0 Å². The van der Waals surface area contributed by atoms with Gasteiger partial charge in [0, 0.05) is 17.2 Å². The van der Waals surface area contributed by atoms with Gasteiger partial charge in [-0.3, -0.25) is 19.5 Å². The Morgan fingerprint density at radius 1 is 1.15 bits per heavy atom. The van der Waals surface area contributed by atoms with Gasteiger partial charge in [0.15, 0.2) is 4.80 Å². The molecule has 9 nitrogen and oxygen atoms in total. The van der Waals surface area contributed by atoms with Gasteiger partial charge in [-0.15, -0.1) is 0 Å². The summed E-state index contributed by atoms with van der Waals surface area (Å²) in [5.41, 5.74) is 4.63. The third-order valence-corrected chi connectivity index (χ3v) is 8.97. The normalized spacial score (nSPS) is 16.1. The molecule has 4 aromatic rings. The number of hydrogen-bond donors (Lipinski definition) is 1. The molecule has 0 bridgehead atoms. The lowest BCUT2D eigenvalue weighted by Crippen LogP contribution is -2.39. The molecule has 1 aliphatic heterocycles. The van der Waals surface area contributed by atoms with Crippen LogP contribution in [0.25, 0.3) is 11.8 Å². The van der Waals surface area contributed by atoms with Crippen molar-refractivity contribution in [1.82, 2.24) is 4.57 Å². The van der Waals surface area contributed by atoms with Crippen LogP contribution in [-0.4, -0.2) is 28.8 Å². The molecule has 1 unspecified atom stereocenters. The Kier molecular flexibility index (Phi) is 6.70. The zero-order valence-electron chi connectivity index (χ0n) is 21.4. The number of ether oxygens (including phenoxy) is 2. The van der Waals surface area contributed by atoms with Crippen molar-refractivity contribution < 1.29 is 19.5 Å². The Morgan fingerprint density at radius 2 is 1.95 bits per heavy atom. The molecule has 11 heteroatoms. The van der Waals surface area contributed by atoms with Gasteiger partial charge in [-0.1, -0.05) is 35.6 Å². The molecule has 0 radical (unpaired) electrons. The standard InChI is InChI=1S/C29H22IN3O6S/c1-38-17-8-10-23(39-2)20(14-17)26-19-9-7-16-5-3-4-6-18(16)25(19)31-29-32(26)28(35)24(40-29)13-15-11-21(30)27(34)22(12-15)33(36)37/h3-6,8,10-14,26,34H,7,9H2,1-2H3/b24-13+. The van der Waals surface area contributed by atoms with Crippen molar-refractivity contribution in [2.45, 2.75) is 18.9 Å². The van der Waals surface area contributed by atoms with Crippen molar-refractivity contribution in [3.63, 3.8) is 0 Å². The van der Waals surface area contributed by atoms with Crippen molar-refractivity contribution >= 4 is 51.4 Å². The second kappa shape index (κ2) is 10.2. The lowest BCUT2D eigenvalue weighted by Gasteiger charge is -2.31. The molecule has 1 atom stereocenters. The van der Waals surface area contributed by atoms with Gasteiger partial charge in [0.1, 0.15) is 11.5 Å². The van der Waals surface area contributed by atoms with E-state index in [0.717, 1.165) is 28.8 Å². The first-order valence-corrected chi connectivity index (χ1v) is 14.2. The highest BCUT2D eigenvalue weighted by molar-refractivity contribution is 14.1. The topological polar surface area (TPSA) is 116 Å². The fourth-order valence-corrected chi connectivity index (χ4v) is 6.97. The predicted octanol–water partition coefficient (Wildman–Crippen LogP) is 4.55. The second-order valence-electron chi connectivity index (χ2n) is 9.35. The van der Waals surface area contributed by atoms with E-state index in [2.05, 4.69) is 12.1 Å². The van der Waals surface area contributed by atoms with E-state index < -0.39 is 22.4 Å². The van der Waals surface area contributed by atoms with Gasteiger partial charge in [0.25, 0.3) is 5.56 Å². The number of hydrogen-bond acceptors (Lipinski definition) is 8. The van der Waals surface area contributed by atoms with Crippen LogP contribution in [0, 0.1) is 13.7 Å². The number of phenols is 1. The molecule has 3 aromatic carbocycles. The van der Waals surface area contributed by atoms with Crippen molar-refractivity contribution in [3.8, 4) is 17.2 Å². The van der Waals surface area contributed by atoms with E-state index >= 15 is 0 Å². The Morgan fingerprint density at radius 3 is 2.70 bits per heavy atom. The largest absolute Gasteiger partial charge is 0.501 e. The number of rotatable bonds is 5. The van der Waals surface area contributed by atoms with Gasteiger partial charge < -0.3 is 14.6 Å². The van der Waals surface area contributed by atoms with Crippen molar-refractivity contribution in [2.75, 3.05) is 14.2 Å². The van der Waals surface area contributed by atoms with Crippen LogP contribution < -0.4 is 24.4 Å². The highest BCUT2D eigenvalue weighted by atomic mass is 127. The van der Waals surface area contributed by atoms with E-state index in [9.17, 15) is 20.0 Å². The quantitative estimate of drug-likeness (QED) is 0.190. The Labute approximate surface area is 245 Å². The maximum atomic E-state index is 14.0. The zero-order chi connectivity index (χ0) is 28.1. The summed E-state index contributed by atoms with van der Waals surface area (Å²) < 4.78 is 13.6. The number of methoxy groups -OCH3 is 2. The van der Waals surface area contributed by atoms with Crippen molar-refractivity contribution in [3.05, 3.63) is 116 Å². The van der Waals surface area contributed by atoms with E-state index in [4.69, 9.17) is 14.5 Å². The second-order valence-corrected chi connectivity index (χ2v) is 11.5. The summed E-state index contributed by atoms with van der Waals surface area (Å²) in [7, 11) is 3.19. The van der Waals surface area contributed by atoms with E-state index in [-0.39, 0.29) is 5.56 Å². The van der Waals surface area contributed by atoms with Crippen LogP contribution in [0.5, 0.6) is 17.2 Å². The van der Waals surface area contributed by atoms with Gasteiger partial charge >= 0.3 is 5.69 Å². The number of phenolic OH excluding ortho intramolecular Hbond substituents is 1. The van der Waals surface area contributed by atoms with Gasteiger partial charge in [-0.05, 0) is 82.5 Å². The number of thiazole rings is 1. The van der Waals surface area contributed by atoms with Crippen LogP contribution in [0.1, 0.15) is 34.7 Å². The minimum Gasteiger partial charge on any atom is -0.501 e. The molecule has 2 aliphatic rings. The van der Waals surface area contributed by atoms with E-state index in [1.54, 1.807) is 30.9 Å². The van der Waals surface area contributed by atoms with Crippen LogP contribution in [0.2, 0.25) is 0 Å². The van der Waals surface area contributed by atoms with Crippen molar-refractivity contribution in [1.29, 1.82) is 0 Å². The summed E-state index contributed by atoms with van der Waals surface area (Å²) in [4.78, 5) is 30.4. The fraction of sp³-hybridized carbons (Fsp3) is 0.172. The number of aromatic nitrogens is 1. The summed E-state index contributed by atoms with van der Waals surface area (Å²) >= 11 is 3.06. The first-order chi connectivity index (χ1) is 19.3. The highest BCUT2D eigenvalue weighted by Gasteiger charge is 2.34. The summed E-state index contributed by atoms with van der Waals surface area (Å²) in [6.07, 6.45) is 3.13. The summed E-state index contributed by atoms with van der Waals surface area (Å²) in [6, 6.07) is 16.1. The lowest BCUT2D eigenvalue weighted by molar-refractivity contribution is -0.386. The zero-order valence-corrected chi connectivity index (χ0v) is 24.4. The van der Waals surface area contributed by atoms with Gasteiger partial charge in [0.05, 0.1) is 39.0 Å². The number of nitrogens with zero attached hydrogens (tertiary/aromatic N) is 3. The van der Waals surface area contributed by atoms with Crippen LogP contribution >= 0.6 is 33.9 Å². The Hall–Kier alpha value is -3.97. The molecule has 0 amide bonds. The highest BCUT2D eigenvalue weighted by Crippen LogP contribution is 2.44. The third kappa shape index (κ3) is 4.29. The van der Waals surface area contributed by atoms with E-state index in [1.807, 2.05) is 52.9 Å². The maximum Gasteiger partial charge on any atom is 0.312 e. The monoisotopic (exact) mass is 667 g/mol. The number of halogens is 1. The van der Waals surface area contributed by atoms with Crippen molar-refractivity contribution in [2.24, 2.45) is 4.99 Å². The fourth-order valence-electron chi connectivity index (χ4n) is 5.33. The SMILES string of the molecule is COc1ccc(OC)c(C2C3=C(N=c4s/c(=C/c5cc(I)c(O)c([N+](=O)[O-])c5)c(=O)n42)c2ccccc2CC3)c1. The summed E-state index contributed by atoms with van der Waals surface area (Å²) in [6.45, 7) is 0. The molecule has 0 saturated heterocycles. The minimum absolute atomic E-state index is 0.269. The molecule has 1 aromatic heterocycles. The van der Waals surface area contributed by atoms with Gasteiger partial charge in [0.2, 0.25) is 5.75 Å². The number of fused-ring (bicyclic) bond motifs is 3. The average molecular weight is 667 g/mol. The predicted molar refractivity (Wildman–Crippen MR) is 160 cm³/mol. The van der Waals surface area contributed by atoms with Crippen LogP contribution in [0.15, 0.2) is 70.0 Å². The van der Waals surface area contributed by atoms with Crippen LogP contribution in [0.4, 0.5) is 5.69 Å². The van der Waals surface area contributed by atoms with Gasteiger partial charge in [-0.25, -0.2) is 4.99 Å². The number of aromatic hydroxyl groups is 1. The average Bonchev–Trinajstić information content (AvgIpc) is 3.27. The summed E-state index contributed by atoms with van der Waals surface area (Å²) in [5, 5.41) is 21.6. The number of allylic oxidation sites excluding steroid dienone is 1. The first-order valence-electron chi connectivity index (χ1n) is 12.3. The minimum atomic E-state index is -0.642. The molecule has 40 heavy (non-hydrogen) atoms. The van der Waals surface area contributed by atoms with Crippen LogP contribution in [-0.2, 0) is 6.42 Å². The number of benzene rings is 3. The number of nitro benzene ring substituents is 1. The Balaban J connectivity index is 1.64. The molecular weight excluding hydrogens is 645 g/mol. The maximum absolute atomic E-state index is 14.0. The molecular formula is C29H22IN3O6S. The number of nitro groups is 1. The van der Waals surface area contributed by atoms with E-state index in [0.29, 0.717) is 36.4 Å². The smallest absolute Gasteiger partial charge is 0.312 e. The lowest BCUT2D eigenvalue weighted by atomic mass is 9.83. The first kappa shape index (κ1) is 26.3. The molecule has 2 heterocycles. The molecule has 0 saturated carbocycles.